The fourth-order valence-electron chi connectivity index (χ4n) is 2.35. The van der Waals surface area contributed by atoms with Gasteiger partial charge in [0, 0.05) is 23.3 Å². The molecule has 0 N–H and O–H groups in total. The smallest absolute Gasteiger partial charge is 0.312 e. The Hall–Kier alpha value is -1.38. The molecule has 0 radical (unpaired) electrons. The Bertz CT molecular complexity index is 491. The highest BCUT2D eigenvalue weighted by molar-refractivity contribution is 7.10. The highest BCUT2D eigenvalue weighted by Crippen LogP contribution is 2.32. The van der Waals surface area contributed by atoms with Crippen LogP contribution in [0.5, 0.6) is 0 Å². The highest BCUT2D eigenvalue weighted by Gasteiger charge is 2.41. The molecule has 1 aliphatic rings. The van der Waals surface area contributed by atoms with Gasteiger partial charge in [0.05, 0.1) is 18.1 Å². The van der Waals surface area contributed by atoms with E-state index >= 15 is 0 Å². The van der Waals surface area contributed by atoms with Gasteiger partial charge in [-0.05, 0) is 26.0 Å². The lowest BCUT2D eigenvalue weighted by Crippen LogP contribution is -2.32. The Morgan fingerprint density at radius 1 is 1.72 bits per heavy atom. The van der Waals surface area contributed by atoms with Gasteiger partial charge in [-0.2, -0.15) is 5.26 Å². The number of ether oxygens (including phenoxy) is 1. The molecule has 1 fully saturated rings. The third-order valence-electron chi connectivity index (χ3n) is 3.39. The fourth-order valence-corrected chi connectivity index (χ4v) is 3.20. The predicted molar refractivity (Wildman–Crippen MR) is 69.1 cm³/mol. The van der Waals surface area contributed by atoms with Gasteiger partial charge >= 0.3 is 5.97 Å². The van der Waals surface area contributed by atoms with Crippen LogP contribution < -0.4 is 0 Å². The minimum Gasteiger partial charge on any atom is -0.469 e. The Morgan fingerprint density at radius 2 is 2.50 bits per heavy atom. The first kappa shape index (κ1) is 13.1. The van der Waals surface area contributed by atoms with Crippen molar-refractivity contribution in [3.8, 4) is 6.07 Å². The van der Waals surface area contributed by atoms with Crippen molar-refractivity contribution in [3.63, 3.8) is 0 Å². The van der Waals surface area contributed by atoms with E-state index in [0.29, 0.717) is 5.56 Å². The van der Waals surface area contributed by atoms with E-state index in [1.807, 2.05) is 18.4 Å². The van der Waals surface area contributed by atoms with Gasteiger partial charge < -0.3 is 4.74 Å². The fraction of sp³-hybridized carbons (Fsp3) is 0.538. The molecular weight excluding hydrogens is 248 g/mol. The number of carbonyl (C=O) groups excluding carboxylic acids is 1. The summed E-state index contributed by atoms with van der Waals surface area (Å²) in [6.45, 7) is 4.37. The molecular formula is C13H16N2O2S. The zero-order valence-electron chi connectivity index (χ0n) is 10.6. The van der Waals surface area contributed by atoms with Gasteiger partial charge in [0.25, 0.3) is 0 Å². The van der Waals surface area contributed by atoms with Crippen molar-refractivity contribution in [2.24, 2.45) is 5.41 Å². The summed E-state index contributed by atoms with van der Waals surface area (Å²) in [5, 5.41) is 10.6. The standard InChI is InChI=1S/C13H16N2O2S/c1-13(12(16)17-2)3-4-15(9-13)7-11-5-10(6-14)8-18-11/h5,8H,3-4,7,9H2,1-2H3. The van der Waals surface area contributed by atoms with Crippen LogP contribution >= 0.6 is 11.3 Å². The largest absolute Gasteiger partial charge is 0.469 e. The van der Waals surface area contributed by atoms with E-state index in [2.05, 4.69) is 11.0 Å². The maximum Gasteiger partial charge on any atom is 0.312 e. The van der Waals surface area contributed by atoms with Crippen molar-refractivity contribution in [2.75, 3.05) is 20.2 Å². The summed E-state index contributed by atoms with van der Waals surface area (Å²) in [5.41, 5.74) is 0.328. The second kappa shape index (κ2) is 5.09. The lowest BCUT2D eigenvalue weighted by molar-refractivity contribution is -0.151. The topological polar surface area (TPSA) is 53.3 Å². The summed E-state index contributed by atoms with van der Waals surface area (Å²) in [7, 11) is 1.44. The van der Waals surface area contributed by atoms with Crippen molar-refractivity contribution in [2.45, 2.75) is 19.9 Å². The maximum absolute atomic E-state index is 11.7. The summed E-state index contributed by atoms with van der Waals surface area (Å²) < 4.78 is 4.85. The molecule has 0 amide bonds. The molecule has 5 heteroatoms. The van der Waals surface area contributed by atoms with Gasteiger partial charge in [-0.15, -0.1) is 11.3 Å². The average molecular weight is 264 g/mol. The molecule has 1 aromatic heterocycles. The van der Waals surface area contributed by atoms with Crippen molar-refractivity contribution < 1.29 is 9.53 Å². The highest BCUT2D eigenvalue weighted by atomic mass is 32.1. The molecule has 0 spiro atoms. The molecule has 0 aliphatic carbocycles. The van der Waals surface area contributed by atoms with Crippen LogP contribution in [0.3, 0.4) is 0 Å². The maximum atomic E-state index is 11.7. The van der Waals surface area contributed by atoms with Crippen LogP contribution in [-0.2, 0) is 16.1 Å². The quantitative estimate of drug-likeness (QED) is 0.784. The number of thiophene rings is 1. The third kappa shape index (κ3) is 2.55. The van der Waals surface area contributed by atoms with Crippen LogP contribution in [0.25, 0.3) is 0 Å². The van der Waals surface area contributed by atoms with Crippen molar-refractivity contribution in [1.82, 2.24) is 4.90 Å². The van der Waals surface area contributed by atoms with Crippen molar-refractivity contribution >= 4 is 17.3 Å². The molecule has 1 unspecified atom stereocenters. The normalized spacial score (nSPS) is 23.8. The van der Waals surface area contributed by atoms with Gasteiger partial charge in [0.1, 0.15) is 6.07 Å². The first-order chi connectivity index (χ1) is 8.57. The summed E-state index contributed by atoms with van der Waals surface area (Å²) in [6.07, 6.45) is 0.830. The molecule has 4 nitrogen and oxygen atoms in total. The molecule has 18 heavy (non-hydrogen) atoms. The van der Waals surface area contributed by atoms with Gasteiger partial charge in [0.2, 0.25) is 0 Å². The number of carbonyl (C=O) groups is 1. The lowest BCUT2D eigenvalue weighted by Gasteiger charge is -2.21. The van der Waals surface area contributed by atoms with E-state index in [4.69, 9.17) is 10.00 Å². The Kier molecular flexibility index (Phi) is 3.69. The van der Waals surface area contributed by atoms with E-state index in [9.17, 15) is 4.79 Å². The molecule has 0 aromatic carbocycles. The summed E-state index contributed by atoms with van der Waals surface area (Å²) >= 11 is 1.59. The van der Waals surface area contributed by atoms with Crippen LogP contribution in [0.1, 0.15) is 23.8 Å². The summed E-state index contributed by atoms with van der Waals surface area (Å²) in [4.78, 5) is 15.1. The minimum atomic E-state index is -0.385. The van der Waals surface area contributed by atoms with E-state index in [-0.39, 0.29) is 11.4 Å². The number of nitriles is 1. The average Bonchev–Trinajstić information content (AvgIpc) is 2.96. The second-order valence-electron chi connectivity index (χ2n) is 4.93. The third-order valence-corrected chi connectivity index (χ3v) is 4.31. The van der Waals surface area contributed by atoms with Crippen LogP contribution in [0.2, 0.25) is 0 Å². The molecule has 0 saturated carbocycles. The van der Waals surface area contributed by atoms with Crippen LogP contribution in [0.4, 0.5) is 0 Å². The molecule has 1 aliphatic heterocycles. The van der Waals surface area contributed by atoms with Gasteiger partial charge in [0.15, 0.2) is 0 Å². The number of hydrogen-bond donors (Lipinski definition) is 0. The minimum absolute atomic E-state index is 0.131. The first-order valence-corrected chi connectivity index (χ1v) is 6.73. The van der Waals surface area contributed by atoms with Gasteiger partial charge in [-0.3, -0.25) is 9.69 Å². The van der Waals surface area contributed by atoms with Crippen LogP contribution in [0, 0.1) is 16.7 Å². The van der Waals surface area contributed by atoms with E-state index in [1.54, 1.807) is 11.3 Å². The predicted octanol–water partition coefficient (Wildman–Crippen LogP) is 2.00. The zero-order valence-corrected chi connectivity index (χ0v) is 11.4. The monoisotopic (exact) mass is 264 g/mol. The van der Waals surface area contributed by atoms with Crippen molar-refractivity contribution in [3.05, 3.63) is 21.9 Å². The molecule has 1 atom stereocenters. The van der Waals surface area contributed by atoms with E-state index < -0.39 is 0 Å². The molecule has 96 valence electrons. The molecule has 0 bridgehead atoms. The van der Waals surface area contributed by atoms with E-state index in [1.165, 1.54) is 12.0 Å². The number of nitrogens with zero attached hydrogens (tertiary/aromatic N) is 2. The number of rotatable bonds is 3. The molecule has 1 aromatic rings. The van der Waals surface area contributed by atoms with Crippen LogP contribution in [-0.4, -0.2) is 31.1 Å². The van der Waals surface area contributed by atoms with Gasteiger partial charge in [-0.1, -0.05) is 0 Å². The number of esters is 1. The zero-order chi connectivity index (χ0) is 13.2. The Balaban J connectivity index is 1.97. The summed E-state index contributed by atoms with van der Waals surface area (Å²) in [6, 6.07) is 4.05. The van der Waals surface area contributed by atoms with Gasteiger partial charge in [-0.25, -0.2) is 0 Å². The molecule has 2 heterocycles. The lowest BCUT2D eigenvalue weighted by atomic mass is 9.90. The SMILES string of the molecule is COC(=O)C1(C)CCN(Cc2cc(C#N)cs2)C1. The van der Waals surface area contributed by atoms with Crippen molar-refractivity contribution in [1.29, 1.82) is 5.26 Å². The first-order valence-electron chi connectivity index (χ1n) is 5.86. The van der Waals surface area contributed by atoms with Crippen LogP contribution in [0.15, 0.2) is 11.4 Å². The summed E-state index contributed by atoms with van der Waals surface area (Å²) in [5.74, 6) is -0.131. The number of likely N-dealkylation sites (tertiary alicyclic amines) is 1. The Morgan fingerprint density at radius 3 is 3.11 bits per heavy atom. The molecule has 1 saturated heterocycles. The molecule has 2 rings (SSSR count). The number of methoxy groups -OCH3 is 1. The Labute approximate surface area is 111 Å². The second-order valence-corrected chi connectivity index (χ2v) is 5.92. The van der Waals surface area contributed by atoms with E-state index in [0.717, 1.165) is 26.1 Å². The number of hydrogen-bond acceptors (Lipinski definition) is 5.